The number of amides is 1. The summed E-state index contributed by atoms with van der Waals surface area (Å²) in [5.74, 6) is -0.377. The average Bonchev–Trinajstić information content (AvgIpc) is 3.01. The maximum absolute atomic E-state index is 13.0. The quantitative estimate of drug-likeness (QED) is 0.692. The highest BCUT2D eigenvalue weighted by Gasteiger charge is 2.34. The summed E-state index contributed by atoms with van der Waals surface area (Å²) in [6.45, 7) is 4.87. The Labute approximate surface area is 177 Å². The molecule has 1 aromatic carbocycles. The van der Waals surface area contributed by atoms with Crippen molar-refractivity contribution in [2.24, 2.45) is 0 Å². The van der Waals surface area contributed by atoms with E-state index >= 15 is 0 Å². The van der Waals surface area contributed by atoms with Crippen molar-refractivity contribution in [3.8, 4) is 0 Å². The van der Waals surface area contributed by atoms with Gasteiger partial charge in [-0.15, -0.1) is 11.3 Å². The monoisotopic (exact) mass is 429 g/mol. The van der Waals surface area contributed by atoms with Gasteiger partial charge in [0.1, 0.15) is 10.6 Å². The highest BCUT2D eigenvalue weighted by atomic mass is 32.1. The van der Waals surface area contributed by atoms with Crippen LogP contribution in [0.3, 0.4) is 0 Å². The van der Waals surface area contributed by atoms with Crippen molar-refractivity contribution >= 4 is 27.5 Å². The summed E-state index contributed by atoms with van der Waals surface area (Å²) in [4.78, 5) is 33.4. The molecule has 2 aromatic heterocycles. The summed E-state index contributed by atoms with van der Waals surface area (Å²) >= 11 is 1.50. The molecule has 0 atom stereocenters. The fraction of sp³-hybridized carbons (Fsp3) is 0.409. The Kier molecular flexibility index (Phi) is 5.46. The Balaban J connectivity index is 1.43. The first-order valence-electron chi connectivity index (χ1n) is 9.95. The molecule has 0 saturated carbocycles. The second-order valence-corrected chi connectivity index (χ2v) is 9.25. The molecule has 0 unspecified atom stereocenters. The van der Waals surface area contributed by atoms with Crippen molar-refractivity contribution in [3.05, 3.63) is 62.8 Å². The number of likely N-dealkylation sites (tertiary alicyclic amines) is 1. The van der Waals surface area contributed by atoms with Gasteiger partial charge in [0.2, 0.25) is 5.91 Å². The van der Waals surface area contributed by atoms with Crippen LogP contribution in [0.1, 0.15) is 28.8 Å². The van der Waals surface area contributed by atoms with E-state index in [4.69, 9.17) is 0 Å². The van der Waals surface area contributed by atoms with Gasteiger partial charge < -0.3 is 10.0 Å². The molecule has 4 rings (SSSR count). The van der Waals surface area contributed by atoms with Crippen LogP contribution in [0.25, 0.3) is 10.2 Å². The Morgan fingerprint density at radius 3 is 2.57 bits per heavy atom. The molecule has 6 nitrogen and oxygen atoms in total. The van der Waals surface area contributed by atoms with E-state index in [0.717, 1.165) is 20.8 Å². The highest BCUT2D eigenvalue weighted by molar-refractivity contribution is 7.18. The molecule has 1 aliphatic heterocycles. The highest BCUT2D eigenvalue weighted by Crippen LogP contribution is 2.27. The van der Waals surface area contributed by atoms with Crippen LogP contribution in [-0.4, -0.2) is 44.2 Å². The second-order valence-electron chi connectivity index (χ2n) is 8.05. The van der Waals surface area contributed by atoms with Gasteiger partial charge in [-0.25, -0.2) is 9.37 Å². The number of fused-ring (bicyclic) bond motifs is 1. The topological polar surface area (TPSA) is 75.4 Å². The van der Waals surface area contributed by atoms with Crippen molar-refractivity contribution in [2.45, 2.75) is 45.3 Å². The van der Waals surface area contributed by atoms with E-state index in [-0.39, 0.29) is 30.2 Å². The number of benzene rings is 1. The number of halogens is 1. The second kappa shape index (κ2) is 7.92. The van der Waals surface area contributed by atoms with Crippen LogP contribution in [-0.2, 0) is 17.8 Å². The van der Waals surface area contributed by atoms with Crippen LogP contribution in [0.4, 0.5) is 4.39 Å². The number of carbonyl (C=O) groups excluding carboxylic acids is 1. The molecule has 0 aliphatic carbocycles. The van der Waals surface area contributed by atoms with Crippen LogP contribution in [0.5, 0.6) is 0 Å². The minimum atomic E-state index is -1.06. The fourth-order valence-corrected chi connectivity index (χ4v) is 4.91. The van der Waals surface area contributed by atoms with Crippen molar-refractivity contribution in [3.63, 3.8) is 0 Å². The van der Waals surface area contributed by atoms with Gasteiger partial charge in [-0.05, 0) is 49.9 Å². The third kappa shape index (κ3) is 4.02. The number of nitrogens with zero attached hydrogens (tertiary/aromatic N) is 3. The van der Waals surface area contributed by atoms with E-state index in [2.05, 4.69) is 4.98 Å². The van der Waals surface area contributed by atoms with Crippen molar-refractivity contribution < 1.29 is 14.3 Å². The minimum Gasteiger partial charge on any atom is -0.388 e. The summed E-state index contributed by atoms with van der Waals surface area (Å²) in [6, 6.07) is 5.90. The maximum Gasteiger partial charge on any atom is 0.262 e. The number of hydrogen-bond donors (Lipinski definition) is 1. The van der Waals surface area contributed by atoms with Gasteiger partial charge in [0.05, 0.1) is 30.3 Å². The fourth-order valence-electron chi connectivity index (χ4n) is 3.92. The summed E-state index contributed by atoms with van der Waals surface area (Å²) in [7, 11) is 0. The number of aromatic nitrogens is 2. The summed E-state index contributed by atoms with van der Waals surface area (Å²) < 4.78 is 14.5. The maximum atomic E-state index is 13.0. The molecule has 30 heavy (non-hydrogen) atoms. The first-order chi connectivity index (χ1) is 14.3. The lowest BCUT2D eigenvalue weighted by molar-refractivity contribution is -0.135. The van der Waals surface area contributed by atoms with Gasteiger partial charge in [0.15, 0.2) is 0 Å². The van der Waals surface area contributed by atoms with Crippen molar-refractivity contribution in [2.75, 3.05) is 13.1 Å². The number of rotatable bonds is 4. The SMILES string of the molecule is Cc1sc2ncn(CC3(O)CCN(C(=O)Cc4ccc(F)cc4)CC3)c(=O)c2c1C. The van der Waals surface area contributed by atoms with Crippen molar-refractivity contribution in [1.29, 1.82) is 0 Å². The molecular weight excluding hydrogens is 405 g/mol. The first kappa shape index (κ1) is 20.7. The lowest BCUT2D eigenvalue weighted by Gasteiger charge is -2.38. The largest absolute Gasteiger partial charge is 0.388 e. The normalized spacial score (nSPS) is 16.2. The Bertz CT molecular complexity index is 1140. The number of thiophene rings is 1. The van der Waals surface area contributed by atoms with E-state index in [1.807, 2.05) is 13.8 Å². The third-order valence-electron chi connectivity index (χ3n) is 5.94. The molecular formula is C22H24FN3O3S. The first-order valence-corrected chi connectivity index (χ1v) is 10.8. The van der Waals surface area contributed by atoms with Gasteiger partial charge in [-0.1, -0.05) is 12.1 Å². The van der Waals surface area contributed by atoms with Gasteiger partial charge in [0.25, 0.3) is 5.56 Å². The van der Waals surface area contributed by atoms with E-state index in [9.17, 15) is 19.1 Å². The molecule has 1 amide bonds. The number of hydrogen-bond acceptors (Lipinski definition) is 5. The van der Waals surface area contributed by atoms with Crippen LogP contribution in [0.15, 0.2) is 35.4 Å². The summed E-state index contributed by atoms with van der Waals surface area (Å²) in [5, 5.41) is 11.7. The molecule has 3 aromatic rings. The zero-order valence-electron chi connectivity index (χ0n) is 17.0. The third-order valence-corrected chi connectivity index (χ3v) is 7.05. The zero-order valence-corrected chi connectivity index (χ0v) is 17.8. The molecule has 1 aliphatic rings. The van der Waals surface area contributed by atoms with Gasteiger partial charge in [-0.3, -0.25) is 14.2 Å². The number of carbonyl (C=O) groups is 1. The molecule has 8 heteroatoms. The molecule has 0 bridgehead atoms. The lowest BCUT2D eigenvalue weighted by atomic mass is 9.91. The van der Waals surface area contributed by atoms with Crippen molar-refractivity contribution in [1.82, 2.24) is 14.5 Å². The average molecular weight is 430 g/mol. The predicted octanol–water partition coefficient (Wildman–Crippen LogP) is 2.81. The predicted molar refractivity (Wildman–Crippen MR) is 114 cm³/mol. The number of piperidine rings is 1. The van der Waals surface area contributed by atoms with Crippen LogP contribution >= 0.6 is 11.3 Å². The molecule has 3 heterocycles. The van der Waals surface area contributed by atoms with E-state index in [1.165, 1.54) is 34.4 Å². The molecule has 1 saturated heterocycles. The van der Waals surface area contributed by atoms with Gasteiger partial charge >= 0.3 is 0 Å². The Morgan fingerprint density at radius 1 is 1.23 bits per heavy atom. The summed E-state index contributed by atoms with van der Waals surface area (Å²) in [6.07, 6.45) is 2.47. The lowest BCUT2D eigenvalue weighted by Crippen LogP contribution is -2.50. The van der Waals surface area contributed by atoms with Crippen LogP contribution in [0, 0.1) is 19.7 Å². The summed E-state index contributed by atoms with van der Waals surface area (Å²) in [5.41, 5.74) is 0.500. The molecule has 158 valence electrons. The number of aryl methyl sites for hydroxylation is 2. The van der Waals surface area contributed by atoms with Crippen LogP contribution < -0.4 is 5.56 Å². The van der Waals surface area contributed by atoms with E-state index in [1.54, 1.807) is 17.0 Å². The molecule has 1 fully saturated rings. The van der Waals surface area contributed by atoms with E-state index < -0.39 is 5.60 Å². The zero-order chi connectivity index (χ0) is 21.5. The molecule has 0 spiro atoms. The standard InChI is InChI=1S/C22H24FN3O3S/c1-14-15(2)30-20-19(14)21(28)26(13-24-20)12-22(29)7-9-25(10-8-22)18(27)11-16-3-5-17(23)6-4-16/h3-6,13,29H,7-12H2,1-2H3. The van der Waals surface area contributed by atoms with Gasteiger partial charge in [-0.2, -0.15) is 0 Å². The Hall–Kier alpha value is -2.58. The Morgan fingerprint density at radius 2 is 1.90 bits per heavy atom. The van der Waals surface area contributed by atoms with E-state index in [0.29, 0.717) is 31.3 Å². The molecule has 0 radical (unpaired) electrons. The smallest absolute Gasteiger partial charge is 0.262 e. The minimum absolute atomic E-state index is 0.0479. The van der Waals surface area contributed by atoms with Crippen LogP contribution in [0.2, 0.25) is 0 Å². The molecule has 1 N–H and O–H groups in total. The number of aliphatic hydroxyl groups is 1. The van der Waals surface area contributed by atoms with Gasteiger partial charge in [0, 0.05) is 18.0 Å².